The maximum Gasteiger partial charge on any atom is 0.297 e. The van der Waals surface area contributed by atoms with Crippen LogP contribution in [0.15, 0.2) is 100 Å². The fourth-order valence-electron chi connectivity index (χ4n) is 7.70. The smallest absolute Gasteiger partial charge is 0.297 e. The second kappa shape index (κ2) is 14.3. The number of methoxy groups -OCH3 is 1. The number of halogens is 1. The topological polar surface area (TPSA) is 122 Å². The van der Waals surface area contributed by atoms with Gasteiger partial charge in [0.15, 0.2) is 19.7 Å². The first-order chi connectivity index (χ1) is 23.9. The average molecular weight is 761 g/mol. The monoisotopic (exact) mass is 759 g/mol. The highest BCUT2D eigenvalue weighted by Gasteiger charge is 2.66. The second-order valence-electron chi connectivity index (χ2n) is 13.6. The number of ether oxygens (including phenoxy) is 2. The predicted molar refractivity (Wildman–Crippen MR) is 197 cm³/mol. The van der Waals surface area contributed by atoms with Crippen LogP contribution in [0.4, 0.5) is 5.69 Å². The van der Waals surface area contributed by atoms with E-state index >= 15 is 0 Å². The molecule has 1 aromatic heterocycles. The fraction of sp³-hybridized carbons (Fsp3) is 0.342. The molecule has 6 rings (SSSR count). The lowest BCUT2D eigenvalue weighted by molar-refractivity contribution is -0.150. The Hall–Kier alpha value is -4.07. The number of aliphatic hydroxyl groups is 1. The van der Waals surface area contributed by atoms with Gasteiger partial charge in [0.25, 0.3) is 11.5 Å². The van der Waals surface area contributed by atoms with E-state index in [-0.39, 0.29) is 49.2 Å². The molecule has 4 aromatic rings. The van der Waals surface area contributed by atoms with Crippen LogP contribution in [-0.2, 0) is 33.0 Å². The highest BCUT2D eigenvalue weighted by molar-refractivity contribution is 9.10. The Kier molecular flexibility index (Phi) is 10.2. The lowest BCUT2D eigenvalue weighted by Gasteiger charge is -2.32. The molecule has 3 heterocycles. The zero-order chi connectivity index (χ0) is 35.8. The van der Waals surface area contributed by atoms with Gasteiger partial charge in [-0.05, 0) is 66.7 Å². The average Bonchev–Trinajstić information content (AvgIpc) is 3.51. The number of amides is 2. The molecule has 1 saturated heterocycles. The molecule has 50 heavy (non-hydrogen) atoms. The molecule has 12 heteroatoms. The number of fused-ring (bicyclic) bond motifs is 2. The van der Waals surface area contributed by atoms with Crippen molar-refractivity contribution < 1.29 is 29.0 Å². The summed E-state index contributed by atoms with van der Waals surface area (Å²) in [5.74, 6) is -0.670. The molecule has 4 atom stereocenters. The molecular formula is C38H42BrN3O7Si. The van der Waals surface area contributed by atoms with E-state index in [1.54, 1.807) is 28.1 Å². The molecule has 0 saturated carbocycles. The summed E-state index contributed by atoms with van der Waals surface area (Å²) < 4.78 is 14.4. The third-order valence-electron chi connectivity index (χ3n) is 9.95. The molecule has 0 aliphatic carbocycles. The molecule has 2 amide bonds. The number of rotatable bonds is 11. The van der Waals surface area contributed by atoms with Crippen LogP contribution in [0, 0.1) is 5.92 Å². The Labute approximate surface area is 301 Å². The van der Waals surface area contributed by atoms with Gasteiger partial charge in [-0.3, -0.25) is 19.0 Å². The van der Waals surface area contributed by atoms with E-state index in [0.29, 0.717) is 23.5 Å². The number of carbonyl (C=O) groups is 2. The van der Waals surface area contributed by atoms with Crippen LogP contribution >= 0.6 is 15.9 Å². The van der Waals surface area contributed by atoms with Crippen LogP contribution in [-0.4, -0.2) is 65.9 Å². The number of carbonyl (C=O) groups excluding carboxylic acids is 2. The Morgan fingerprint density at radius 3 is 2.40 bits per heavy atom. The van der Waals surface area contributed by atoms with E-state index in [2.05, 4.69) is 15.9 Å². The number of hydrogen-bond acceptors (Lipinski definition) is 7. The van der Waals surface area contributed by atoms with Crippen LogP contribution in [0.3, 0.4) is 0 Å². The zero-order valence-corrected chi connectivity index (χ0v) is 31.2. The molecule has 1 spiro atoms. The summed E-state index contributed by atoms with van der Waals surface area (Å²) in [5, 5.41) is 9.81. The Morgan fingerprint density at radius 2 is 1.74 bits per heavy atom. The summed E-state index contributed by atoms with van der Waals surface area (Å²) in [4.78, 5) is 56.5. The van der Waals surface area contributed by atoms with Crippen molar-refractivity contribution in [3.63, 3.8) is 0 Å². The number of anilines is 1. The standard InChI is InChI=1S/C38H42BrN3O7Si/c1-25-35(50(3,4)47)33(22-34(44)40(19-20-43)23-26-9-6-5-7-10-26)49-38(25)30-21-28(39)14-17-31(30)42(37(38)46)24-27-12-15-29(16-13-27)41-18-8-11-32(48-2)36(41)45/h5-18,21,25,33,35,43,47H,19-20,22-24H2,1-4H3/t25-,33+,35-,38+/m1/s1. The minimum Gasteiger partial charge on any atom is -0.491 e. The highest BCUT2D eigenvalue weighted by atomic mass is 79.9. The van der Waals surface area contributed by atoms with E-state index in [4.69, 9.17) is 9.47 Å². The van der Waals surface area contributed by atoms with Crippen LogP contribution in [0.25, 0.3) is 5.69 Å². The molecule has 1 fully saturated rings. The summed E-state index contributed by atoms with van der Waals surface area (Å²) in [7, 11) is -1.56. The van der Waals surface area contributed by atoms with Gasteiger partial charge in [-0.15, -0.1) is 0 Å². The van der Waals surface area contributed by atoms with E-state index in [1.807, 2.05) is 92.8 Å². The van der Waals surface area contributed by atoms with Gasteiger partial charge in [-0.1, -0.05) is 65.3 Å². The Morgan fingerprint density at radius 1 is 1.02 bits per heavy atom. The number of hydrogen-bond donors (Lipinski definition) is 2. The largest absolute Gasteiger partial charge is 0.491 e. The first kappa shape index (κ1) is 35.7. The SMILES string of the molecule is COc1cccn(-c2ccc(CN3C(=O)[C@@]4(O[C@@H](CC(=O)N(CCO)Cc5ccccc5)[C@H]([Si](C)(C)O)[C@H]4C)c4cc(Br)ccc43)cc2)c1=O. The quantitative estimate of drug-likeness (QED) is 0.198. The van der Waals surface area contributed by atoms with Gasteiger partial charge in [-0.2, -0.15) is 0 Å². The van der Waals surface area contributed by atoms with Crippen molar-refractivity contribution in [2.75, 3.05) is 25.2 Å². The van der Waals surface area contributed by atoms with Gasteiger partial charge in [-0.25, -0.2) is 0 Å². The number of nitrogens with zero attached hydrogens (tertiary/aromatic N) is 3. The molecule has 3 aromatic carbocycles. The first-order valence-electron chi connectivity index (χ1n) is 16.7. The molecule has 2 N–H and O–H groups in total. The maximum absolute atomic E-state index is 14.8. The molecule has 2 aliphatic rings. The molecule has 2 aliphatic heterocycles. The van der Waals surface area contributed by atoms with Crippen molar-refractivity contribution in [1.82, 2.24) is 9.47 Å². The van der Waals surface area contributed by atoms with Crippen molar-refractivity contribution in [2.45, 2.75) is 56.8 Å². The van der Waals surface area contributed by atoms with Crippen LogP contribution in [0.5, 0.6) is 5.75 Å². The summed E-state index contributed by atoms with van der Waals surface area (Å²) in [5.41, 5.74) is 1.70. The van der Waals surface area contributed by atoms with Gasteiger partial charge < -0.3 is 29.2 Å². The normalized spacial score (nSPS) is 21.5. The van der Waals surface area contributed by atoms with Gasteiger partial charge in [0.2, 0.25) is 5.91 Å². The number of aromatic nitrogens is 1. The lowest BCUT2D eigenvalue weighted by Crippen LogP contribution is -2.46. The van der Waals surface area contributed by atoms with Crippen LogP contribution in [0.1, 0.15) is 30.0 Å². The minimum atomic E-state index is -3.01. The van der Waals surface area contributed by atoms with E-state index in [9.17, 15) is 24.3 Å². The molecule has 0 unspecified atom stereocenters. The molecule has 0 bridgehead atoms. The van der Waals surface area contributed by atoms with Gasteiger partial charge >= 0.3 is 0 Å². The summed E-state index contributed by atoms with van der Waals surface area (Å²) >= 11 is 3.60. The maximum atomic E-state index is 14.8. The van der Waals surface area contributed by atoms with Crippen molar-refractivity contribution in [1.29, 1.82) is 0 Å². The summed E-state index contributed by atoms with van der Waals surface area (Å²) in [6, 6.07) is 26.0. The lowest BCUT2D eigenvalue weighted by atomic mass is 9.82. The zero-order valence-electron chi connectivity index (χ0n) is 28.6. The highest BCUT2D eigenvalue weighted by Crippen LogP contribution is 2.60. The van der Waals surface area contributed by atoms with Crippen LogP contribution in [0.2, 0.25) is 18.6 Å². The number of pyridine rings is 1. The fourth-order valence-corrected chi connectivity index (χ4v) is 10.6. The molecule has 10 nitrogen and oxygen atoms in total. The Balaban J connectivity index is 1.32. The van der Waals surface area contributed by atoms with E-state index < -0.39 is 31.5 Å². The van der Waals surface area contributed by atoms with Crippen molar-refractivity contribution in [2.24, 2.45) is 5.92 Å². The summed E-state index contributed by atoms with van der Waals surface area (Å²) in [6.45, 7) is 6.14. The third kappa shape index (κ3) is 6.58. The first-order valence-corrected chi connectivity index (χ1v) is 20.5. The number of benzene rings is 3. The van der Waals surface area contributed by atoms with Crippen LogP contribution < -0.4 is 15.2 Å². The Bertz CT molecular complexity index is 1930. The molecule has 262 valence electrons. The molecule has 0 radical (unpaired) electrons. The third-order valence-corrected chi connectivity index (χ3v) is 12.9. The van der Waals surface area contributed by atoms with Crippen molar-refractivity contribution in [3.8, 4) is 11.4 Å². The van der Waals surface area contributed by atoms with E-state index in [1.165, 1.54) is 11.7 Å². The predicted octanol–water partition coefficient (Wildman–Crippen LogP) is 5.36. The van der Waals surface area contributed by atoms with Crippen molar-refractivity contribution >= 4 is 41.7 Å². The second-order valence-corrected chi connectivity index (χ2v) is 18.4. The summed E-state index contributed by atoms with van der Waals surface area (Å²) in [6.07, 6.45) is 0.911. The van der Waals surface area contributed by atoms with E-state index in [0.717, 1.165) is 15.6 Å². The van der Waals surface area contributed by atoms with Gasteiger partial charge in [0.1, 0.15) is 0 Å². The van der Waals surface area contributed by atoms with Gasteiger partial charge in [0.05, 0.1) is 38.5 Å². The van der Waals surface area contributed by atoms with Crippen molar-refractivity contribution in [3.05, 3.63) is 123 Å². The molecular weight excluding hydrogens is 718 g/mol. The van der Waals surface area contributed by atoms with Gasteiger partial charge in [0, 0.05) is 46.5 Å². The number of aliphatic hydroxyl groups excluding tert-OH is 1. The minimum absolute atomic E-state index is 0.0394.